The molecule has 1 aromatic carbocycles. The maximum atomic E-state index is 10.1. The van der Waals surface area contributed by atoms with E-state index < -0.39 is 0 Å². The molecule has 0 spiro atoms. The Hall–Kier alpha value is -0.860. The van der Waals surface area contributed by atoms with Gasteiger partial charge in [0.25, 0.3) is 0 Å². The van der Waals surface area contributed by atoms with Gasteiger partial charge in [0.2, 0.25) is 0 Å². The fourth-order valence-corrected chi connectivity index (χ4v) is 3.29. The van der Waals surface area contributed by atoms with Crippen LogP contribution in [0.5, 0.6) is 0 Å². The fourth-order valence-electron chi connectivity index (χ4n) is 3.29. The molecule has 2 heteroatoms. The number of piperidine rings is 2. The largest absolute Gasteiger partial charge is 0.393 e. The van der Waals surface area contributed by atoms with Gasteiger partial charge in [-0.3, -0.25) is 0 Å². The van der Waals surface area contributed by atoms with Crippen molar-refractivity contribution in [2.24, 2.45) is 5.92 Å². The van der Waals surface area contributed by atoms with Gasteiger partial charge < -0.3 is 10.0 Å². The average molecular weight is 217 g/mol. The first-order valence-corrected chi connectivity index (χ1v) is 6.30. The summed E-state index contributed by atoms with van der Waals surface area (Å²) in [5, 5.41) is 10.1. The van der Waals surface area contributed by atoms with Crippen LogP contribution in [0.25, 0.3) is 0 Å². The molecule has 0 aliphatic carbocycles. The quantitative estimate of drug-likeness (QED) is 0.776. The average Bonchev–Trinajstić information content (AvgIpc) is 2.36. The van der Waals surface area contributed by atoms with E-state index in [0.717, 1.165) is 19.5 Å². The van der Waals surface area contributed by atoms with Crippen molar-refractivity contribution < 1.29 is 5.11 Å². The van der Waals surface area contributed by atoms with Gasteiger partial charge in [-0.1, -0.05) is 30.3 Å². The van der Waals surface area contributed by atoms with E-state index in [1.807, 2.05) is 0 Å². The number of aliphatic hydroxyl groups is 1. The molecule has 0 saturated carbocycles. The predicted molar refractivity (Wildman–Crippen MR) is 64.4 cm³/mol. The Kier molecular flexibility index (Phi) is 2.70. The highest BCUT2D eigenvalue weighted by molar-refractivity contribution is 5.22. The van der Waals surface area contributed by atoms with Gasteiger partial charge in [0.05, 0.1) is 6.10 Å². The van der Waals surface area contributed by atoms with Crippen LogP contribution in [0.2, 0.25) is 0 Å². The molecule has 4 atom stereocenters. The molecule has 2 nitrogen and oxygen atoms in total. The molecule has 86 valence electrons. The van der Waals surface area contributed by atoms with Gasteiger partial charge in [-0.05, 0) is 30.9 Å². The first-order chi connectivity index (χ1) is 7.84. The summed E-state index contributed by atoms with van der Waals surface area (Å²) in [5.41, 5.74) is 1.41. The molecule has 0 radical (unpaired) electrons. The molecular weight excluding hydrogens is 198 g/mol. The normalized spacial score (nSPS) is 38.3. The summed E-state index contributed by atoms with van der Waals surface area (Å²) in [4.78, 5) is 2.50. The van der Waals surface area contributed by atoms with Gasteiger partial charge in [0.1, 0.15) is 0 Å². The van der Waals surface area contributed by atoms with Crippen LogP contribution in [0.3, 0.4) is 0 Å². The molecule has 16 heavy (non-hydrogen) atoms. The maximum Gasteiger partial charge on any atom is 0.0598 e. The second kappa shape index (κ2) is 4.19. The van der Waals surface area contributed by atoms with E-state index in [4.69, 9.17) is 0 Å². The first-order valence-electron chi connectivity index (χ1n) is 6.30. The third-order valence-electron chi connectivity index (χ3n) is 4.21. The summed E-state index contributed by atoms with van der Waals surface area (Å²) in [6.07, 6.45) is 2.06. The number of hydrogen-bond donors (Lipinski definition) is 1. The lowest BCUT2D eigenvalue weighted by Crippen LogP contribution is -2.50. The molecule has 3 rings (SSSR count). The second-order valence-corrected chi connectivity index (χ2v) is 5.13. The molecule has 1 aromatic rings. The smallest absolute Gasteiger partial charge is 0.0598 e. The molecule has 2 fully saturated rings. The zero-order valence-electron chi connectivity index (χ0n) is 9.55. The molecule has 0 amide bonds. The number of aliphatic hydroxyl groups excluding tert-OH is 1. The molecule has 2 saturated heterocycles. The summed E-state index contributed by atoms with van der Waals surface area (Å²) in [5.74, 6) is 1.01. The zero-order chi connectivity index (χ0) is 11.0. The molecule has 2 bridgehead atoms. The lowest BCUT2D eigenvalue weighted by molar-refractivity contribution is -0.0123. The third-order valence-corrected chi connectivity index (χ3v) is 4.21. The Bertz CT molecular complexity index is 351. The van der Waals surface area contributed by atoms with Crippen LogP contribution in [0.1, 0.15) is 24.3 Å². The monoisotopic (exact) mass is 217 g/mol. The van der Waals surface area contributed by atoms with E-state index in [1.54, 1.807) is 0 Å². The highest BCUT2D eigenvalue weighted by Gasteiger charge is 2.37. The van der Waals surface area contributed by atoms with Gasteiger partial charge in [-0.25, -0.2) is 0 Å². The van der Waals surface area contributed by atoms with Crippen LogP contribution in [0.15, 0.2) is 30.3 Å². The highest BCUT2D eigenvalue weighted by atomic mass is 16.3. The molecule has 1 N–H and O–H groups in total. The van der Waals surface area contributed by atoms with Crippen molar-refractivity contribution in [3.8, 4) is 0 Å². The predicted octanol–water partition coefficient (Wildman–Crippen LogP) is 1.86. The minimum Gasteiger partial charge on any atom is -0.393 e. The van der Waals surface area contributed by atoms with Crippen molar-refractivity contribution in [3.63, 3.8) is 0 Å². The van der Waals surface area contributed by atoms with Crippen LogP contribution in [0, 0.1) is 5.92 Å². The standard InChI is InChI=1S/C14H19NO/c16-14-7-9-15-8-6-12(13(14)10-15)11-4-2-1-3-5-11/h1-5,12-14,16H,6-10H2/t12-,13+,14+/m0/s1. The topological polar surface area (TPSA) is 23.5 Å². The summed E-state index contributed by atoms with van der Waals surface area (Å²) < 4.78 is 0. The van der Waals surface area contributed by atoms with E-state index in [1.165, 1.54) is 18.5 Å². The summed E-state index contributed by atoms with van der Waals surface area (Å²) >= 11 is 0. The van der Waals surface area contributed by atoms with Crippen molar-refractivity contribution in [2.45, 2.75) is 24.9 Å². The molecule has 0 aromatic heterocycles. The second-order valence-electron chi connectivity index (χ2n) is 5.13. The Labute approximate surface area is 96.9 Å². The van der Waals surface area contributed by atoms with Crippen LogP contribution in [0.4, 0.5) is 0 Å². The van der Waals surface area contributed by atoms with Crippen molar-refractivity contribution >= 4 is 0 Å². The number of nitrogens with zero attached hydrogens (tertiary/aromatic N) is 1. The van der Waals surface area contributed by atoms with Crippen LogP contribution in [-0.4, -0.2) is 35.7 Å². The van der Waals surface area contributed by atoms with E-state index in [0.29, 0.717) is 11.8 Å². The number of rotatable bonds is 1. The fraction of sp³-hybridized carbons (Fsp3) is 0.571. The number of hydrogen-bond acceptors (Lipinski definition) is 2. The number of fused-ring (bicyclic) bond motifs is 2. The van der Waals surface area contributed by atoms with E-state index >= 15 is 0 Å². The summed E-state index contributed by atoms with van der Waals surface area (Å²) in [7, 11) is 0. The SMILES string of the molecule is O[C@@H]1CCN2CC[C@@H](c3ccccc3)[C@H]1C2. The zero-order valence-corrected chi connectivity index (χ0v) is 9.55. The molecule has 2 heterocycles. The Morgan fingerprint density at radius 3 is 2.62 bits per heavy atom. The van der Waals surface area contributed by atoms with Crippen LogP contribution >= 0.6 is 0 Å². The highest BCUT2D eigenvalue weighted by Crippen LogP contribution is 2.38. The maximum absolute atomic E-state index is 10.1. The van der Waals surface area contributed by atoms with Crippen molar-refractivity contribution in [3.05, 3.63) is 35.9 Å². The summed E-state index contributed by atoms with van der Waals surface area (Å²) in [6.45, 7) is 3.36. The van der Waals surface area contributed by atoms with Gasteiger partial charge in [0, 0.05) is 19.0 Å². The number of benzene rings is 1. The lowest BCUT2D eigenvalue weighted by Gasteiger charge is -2.45. The van der Waals surface area contributed by atoms with Gasteiger partial charge >= 0.3 is 0 Å². The van der Waals surface area contributed by atoms with E-state index in [9.17, 15) is 5.11 Å². The van der Waals surface area contributed by atoms with E-state index in [-0.39, 0.29) is 6.10 Å². The Balaban J connectivity index is 1.85. The minimum atomic E-state index is -0.0956. The third kappa shape index (κ3) is 1.76. The minimum absolute atomic E-state index is 0.0956. The van der Waals surface area contributed by atoms with Crippen LogP contribution < -0.4 is 0 Å². The van der Waals surface area contributed by atoms with Gasteiger partial charge in [-0.2, -0.15) is 0 Å². The molecule has 2 aliphatic rings. The molecule has 1 unspecified atom stereocenters. The van der Waals surface area contributed by atoms with E-state index in [2.05, 4.69) is 35.2 Å². The van der Waals surface area contributed by atoms with Crippen molar-refractivity contribution in [1.29, 1.82) is 0 Å². The van der Waals surface area contributed by atoms with Gasteiger partial charge in [0.15, 0.2) is 0 Å². The summed E-state index contributed by atoms with van der Waals surface area (Å²) in [6, 6.07) is 10.7. The van der Waals surface area contributed by atoms with Crippen molar-refractivity contribution in [1.82, 2.24) is 4.90 Å². The van der Waals surface area contributed by atoms with Gasteiger partial charge in [-0.15, -0.1) is 0 Å². The molecule has 2 aliphatic heterocycles. The van der Waals surface area contributed by atoms with Crippen molar-refractivity contribution in [2.75, 3.05) is 19.6 Å². The Morgan fingerprint density at radius 2 is 1.81 bits per heavy atom. The van der Waals surface area contributed by atoms with Crippen LogP contribution in [-0.2, 0) is 0 Å². The Morgan fingerprint density at radius 1 is 1.06 bits per heavy atom. The first kappa shape index (κ1) is 10.3. The molecular formula is C14H19NO. The lowest BCUT2D eigenvalue weighted by atomic mass is 9.75.